The topological polar surface area (TPSA) is 80.9 Å². The number of nitrogens with one attached hydrogen (secondary N) is 1. The Morgan fingerprint density at radius 3 is 2.79 bits per heavy atom. The largest absolute Gasteiger partial charge is 0.471 e. The van der Waals surface area contributed by atoms with E-state index < -0.39 is 6.04 Å². The Morgan fingerprint density at radius 2 is 1.97 bits per heavy atom. The number of carbonyl (C=O) groups is 1. The quantitative estimate of drug-likeness (QED) is 0.290. The summed E-state index contributed by atoms with van der Waals surface area (Å²) < 4.78 is 5.45. The van der Waals surface area contributed by atoms with Crippen molar-refractivity contribution >= 4 is 39.2 Å². The maximum Gasteiger partial charge on any atom is 0.190 e. The maximum atomic E-state index is 13.8. The smallest absolute Gasteiger partial charge is 0.190 e. The lowest BCUT2D eigenvalue weighted by Gasteiger charge is -2.16. The molecule has 1 atom stereocenters. The zero-order chi connectivity index (χ0) is 22.8. The van der Waals surface area contributed by atoms with E-state index in [1.807, 2.05) is 43.3 Å². The highest BCUT2D eigenvalue weighted by Gasteiger charge is 2.29. The van der Waals surface area contributed by atoms with Gasteiger partial charge in [0.2, 0.25) is 0 Å². The highest BCUT2D eigenvalue weighted by Crippen LogP contribution is 2.32. The highest BCUT2D eigenvalue weighted by atomic mass is 35.5. The molecule has 3 heterocycles. The molecule has 164 valence electrons. The maximum absolute atomic E-state index is 13.8. The van der Waals surface area contributed by atoms with Gasteiger partial charge in [-0.2, -0.15) is 0 Å². The predicted molar refractivity (Wildman–Crippen MR) is 129 cm³/mol. The number of fused-ring (bicyclic) bond motifs is 1. The van der Waals surface area contributed by atoms with E-state index in [1.165, 1.54) is 17.6 Å². The van der Waals surface area contributed by atoms with E-state index >= 15 is 0 Å². The minimum Gasteiger partial charge on any atom is -0.471 e. The molecule has 0 spiro atoms. The minimum atomic E-state index is -0.693. The molecule has 5 aromatic rings. The number of aromatic nitrogens is 3. The molecule has 2 aromatic carbocycles. The second-order valence-corrected chi connectivity index (χ2v) is 9.06. The van der Waals surface area contributed by atoms with Crippen LogP contribution in [0.1, 0.15) is 32.5 Å². The second-order valence-electron chi connectivity index (χ2n) is 7.61. The number of nitrogens with zero attached hydrogens (tertiary/aromatic N) is 3. The SMILES string of the molecule is Cc1cccc(CNC(C(=O)c2cocc2-c2cccc(Cl)c2)c2nc3nccnc3s2)c1. The lowest BCUT2D eigenvalue weighted by atomic mass is 9.98. The lowest BCUT2D eigenvalue weighted by Crippen LogP contribution is -2.28. The summed E-state index contributed by atoms with van der Waals surface area (Å²) in [6, 6.07) is 14.8. The summed E-state index contributed by atoms with van der Waals surface area (Å²) in [4.78, 5) is 27.7. The summed E-state index contributed by atoms with van der Waals surface area (Å²) in [7, 11) is 0. The number of Topliss-reactive ketones (excluding diaryl/α,β-unsaturated/α-hetero) is 1. The van der Waals surface area contributed by atoms with Gasteiger partial charge in [0.1, 0.15) is 17.3 Å². The van der Waals surface area contributed by atoms with Crippen molar-refractivity contribution < 1.29 is 9.21 Å². The molecule has 0 saturated heterocycles. The third-order valence-corrected chi connectivity index (χ3v) is 6.48. The number of aryl methyl sites for hydroxylation is 1. The number of ketones is 1. The molecule has 0 saturated carbocycles. The molecule has 33 heavy (non-hydrogen) atoms. The van der Waals surface area contributed by atoms with Crippen LogP contribution >= 0.6 is 22.9 Å². The summed E-state index contributed by atoms with van der Waals surface area (Å²) >= 11 is 7.53. The Hall–Kier alpha value is -3.39. The van der Waals surface area contributed by atoms with Gasteiger partial charge in [-0.3, -0.25) is 10.1 Å². The molecule has 0 aliphatic rings. The van der Waals surface area contributed by atoms with Crippen molar-refractivity contribution in [3.63, 3.8) is 0 Å². The summed E-state index contributed by atoms with van der Waals surface area (Å²) in [6.07, 6.45) is 6.26. The molecule has 0 bridgehead atoms. The van der Waals surface area contributed by atoms with Crippen molar-refractivity contribution in [2.75, 3.05) is 0 Å². The van der Waals surface area contributed by atoms with Gasteiger partial charge in [0.15, 0.2) is 16.3 Å². The Bertz CT molecular complexity index is 1410. The van der Waals surface area contributed by atoms with Crippen LogP contribution in [0.2, 0.25) is 5.02 Å². The molecule has 3 aromatic heterocycles. The van der Waals surface area contributed by atoms with E-state index in [4.69, 9.17) is 16.0 Å². The first-order chi connectivity index (χ1) is 16.1. The van der Waals surface area contributed by atoms with Crippen LogP contribution < -0.4 is 5.32 Å². The Morgan fingerprint density at radius 1 is 1.12 bits per heavy atom. The first-order valence-corrected chi connectivity index (χ1v) is 11.5. The fourth-order valence-electron chi connectivity index (χ4n) is 3.67. The van der Waals surface area contributed by atoms with E-state index in [0.29, 0.717) is 38.2 Å². The van der Waals surface area contributed by atoms with E-state index in [2.05, 4.69) is 26.3 Å². The molecule has 5 rings (SSSR count). The van der Waals surface area contributed by atoms with Gasteiger partial charge >= 0.3 is 0 Å². The van der Waals surface area contributed by atoms with Gasteiger partial charge in [-0.25, -0.2) is 15.0 Å². The van der Waals surface area contributed by atoms with Crippen molar-refractivity contribution in [1.29, 1.82) is 0 Å². The zero-order valence-corrected chi connectivity index (χ0v) is 19.2. The number of rotatable bonds is 7. The normalized spacial score (nSPS) is 12.2. The predicted octanol–water partition coefficient (Wildman–Crippen LogP) is 6.02. The van der Waals surface area contributed by atoms with Gasteiger partial charge in [0.25, 0.3) is 0 Å². The summed E-state index contributed by atoms with van der Waals surface area (Å²) in [6.45, 7) is 2.54. The molecule has 0 aliphatic carbocycles. The number of benzene rings is 2. The lowest BCUT2D eigenvalue weighted by molar-refractivity contribution is 0.0942. The van der Waals surface area contributed by atoms with E-state index in [0.717, 1.165) is 16.7 Å². The van der Waals surface area contributed by atoms with Crippen molar-refractivity contribution in [2.24, 2.45) is 0 Å². The Balaban J connectivity index is 1.53. The van der Waals surface area contributed by atoms with Crippen LogP contribution in [0.25, 0.3) is 21.6 Å². The van der Waals surface area contributed by atoms with Gasteiger partial charge in [-0.05, 0) is 30.2 Å². The van der Waals surface area contributed by atoms with Gasteiger partial charge in [-0.15, -0.1) is 0 Å². The second kappa shape index (κ2) is 9.23. The van der Waals surface area contributed by atoms with Crippen molar-refractivity contribution in [1.82, 2.24) is 20.3 Å². The molecular weight excluding hydrogens is 456 g/mol. The van der Waals surface area contributed by atoms with Gasteiger partial charge in [0.05, 0.1) is 11.8 Å². The first-order valence-electron chi connectivity index (χ1n) is 10.3. The zero-order valence-electron chi connectivity index (χ0n) is 17.7. The third-order valence-electron chi connectivity index (χ3n) is 5.23. The average molecular weight is 475 g/mol. The Kier molecular flexibility index (Phi) is 6.00. The first kappa shape index (κ1) is 21.5. The minimum absolute atomic E-state index is 0.148. The molecule has 1 N–H and O–H groups in total. The van der Waals surface area contributed by atoms with Crippen molar-refractivity contribution in [3.05, 3.63) is 100 Å². The van der Waals surface area contributed by atoms with E-state index in [-0.39, 0.29) is 5.78 Å². The molecule has 1 unspecified atom stereocenters. The fourth-order valence-corrected chi connectivity index (χ4v) is 4.81. The van der Waals surface area contributed by atoms with Crippen LogP contribution in [0.5, 0.6) is 0 Å². The van der Waals surface area contributed by atoms with E-state index in [1.54, 1.807) is 24.7 Å². The molecule has 0 amide bonds. The van der Waals surface area contributed by atoms with Crippen LogP contribution in [-0.2, 0) is 6.54 Å². The number of carbonyl (C=O) groups excluding carboxylic acids is 1. The van der Waals surface area contributed by atoms with Gasteiger partial charge < -0.3 is 4.42 Å². The summed E-state index contributed by atoms with van der Waals surface area (Å²) in [5, 5.41) is 4.59. The van der Waals surface area contributed by atoms with Crippen LogP contribution in [0.3, 0.4) is 0 Å². The van der Waals surface area contributed by atoms with Crippen LogP contribution in [0, 0.1) is 6.92 Å². The highest BCUT2D eigenvalue weighted by molar-refractivity contribution is 7.18. The standard InChI is InChI=1S/C25H19ClN4O2S/c1-15-4-2-5-16(10-15)12-29-21(24-30-23-25(33-24)28-9-8-27-23)22(31)20-14-32-13-19(20)17-6-3-7-18(26)11-17/h2-11,13-14,21,29H,12H2,1H3. The molecular formula is C25H19ClN4O2S. The van der Waals surface area contributed by atoms with Crippen LogP contribution in [0.15, 0.2) is 77.9 Å². The summed E-state index contributed by atoms with van der Waals surface area (Å²) in [5.74, 6) is -0.148. The number of hydrogen-bond donors (Lipinski definition) is 1. The number of thiazole rings is 1. The van der Waals surface area contributed by atoms with Crippen molar-refractivity contribution in [3.8, 4) is 11.1 Å². The summed E-state index contributed by atoms with van der Waals surface area (Å²) in [5.41, 5.74) is 4.71. The van der Waals surface area contributed by atoms with Crippen LogP contribution in [0.4, 0.5) is 0 Å². The molecule has 0 radical (unpaired) electrons. The number of hydrogen-bond acceptors (Lipinski definition) is 7. The van der Waals surface area contributed by atoms with E-state index in [9.17, 15) is 4.79 Å². The fraction of sp³-hybridized carbons (Fsp3) is 0.120. The van der Waals surface area contributed by atoms with Crippen molar-refractivity contribution in [2.45, 2.75) is 19.5 Å². The Labute approximate surface area is 199 Å². The van der Waals surface area contributed by atoms with Gasteiger partial charge in [0, 0.05) is 29.5 Å². The molecule has 8 heteroatoms. The number of halogens is 1. The van der Waals surface area contributed by atoms with Crippen LogP contribution in [-0.4, -0.2) is 20.7 Å². The molecule has 0 aliphatic heterocycles. The monoisotopic (exact) mass is 474 g/mol. The van der Waals surface area contributed by atoms with Gasteiger partial charge in [-0.1, -0.05) is 64.9 Å². The molecule has 6 nitrogen and oxygen atoms in total. The average Bonchev–Trinajstić information content (AvgIpc) is 3.46. The molecule has 0 fully saturated rings. The third kappa shape index (κ3) is 4.57. The number of furan rings is 1.